The molecule has 0 bridgehead atoms. The van der Waals surface area contributed by atoms with Crippen molar-refractivity contribution in [2.45, 2.75) is 26.3 Å². The van der Waals surface area contributed by atoms with Gasteiger partial charge in [-0.25, -0.2) is 4.39 Å². The summed E-state index contributed by atoms with van der Waals surface area (Å²) in [5.74, 6) is 0.842. The van der Waals surface area contributed by atoms with Crippen LogP contribution in [0.1, 0.15) is 20.3 Å². The molecule has 2 nitrogen and oxygen atoms in total. The molecular formula is C12H19ClFNO. The molecule has 0 aliphatic carbocycles. The fraction of sp³-hybridized carbons (Fsp3) is 0.500. The molecule has 0 saturated heterocycles. The van der Waals surface area contributed by atoms with Crippen molar-refractivity contribution in [3.8, 4) is 5.75 Å². The minimum atomic E-state index is -0.256. The van der Waals surface area contributed by atoms with Crippen molar-refractivity contribution in [3.63, 3.8) is 0 Å². The summed E-state index contributed by atoms with van der Waals surface area (Å²) >= 11 is 0. The first-order valence-corrected chi connectivity index (χ1v) is 5.27. The lowest BCUT2D eigenvalue weighted by Crippen LogP contribution is -2.34. The second-order valence-electron chi connectivity index (χ2n) is 3.81. The van der Waals surface area contributed by atoms with Crippen LogP contribution in [0.15, 0.2) is 24.3 Å². The number of hydrogen-bond donors (Lipinski definition) is 1. The lowest BCUT2D eigenvalue weighted by Gasteiger charge is -2.18. The molecule has 0 saturated carbocycles. The van der Waals surface area contributed by atoms with Crippen LogP contribution < -0.4 is 10.5 Å². The summed E-state index contributed by atoms with van der Waals surface area (Å²) in [5.41, 5.74) is 5.91. The topological polar surface area (TPSA) is 35.2 Å². The fourth-order valence-electron chi connectivity index (χ4n) is 1.19. The van der Waals surface area contributed by atoms with Crippen molar-refractivity contribution in [3.05, 3.63) is 30.1 Å². The van der Waals surface area contributed by atoms with Gasteiger partial charge in [-0.15, -0.1) is 12.4 Å². The van der Waals surface area contributed by atoms with Gasteiger partial charge < -0.3 is 10.5 Å². The average Bonchev–Trinajstić information content (AvgIpc) is 2.26. The quantitative estimate of drug-likeness (QED) is 0.868. The zero-order valence-electron chi connectivity index (χ0n) is 9.65. The highest BCUT2D eigenvalue weighted by Crippen LogP contribution is 2.13. The number of nitrogens with two attached hydrogens (primary N) is 1. The molecule has 0 fully saturated rings. The molecule has 0 aromatic heterocycles. The predicted octanol–water partition coefficient (Wildman–Crippen LogP) is 3.00. The van der Waals surface area contributed by atoms with E-state index in [0.29, 0.717) is 18.3 Å². The molecule has 0 heterocycles. The monoisotopic (exact) mass is 247 g/mol. The maximum atomic E-state index is 12.6. The van der Waals surface area contributed by atoms with Crippen molar-refractivity contribution in [2.24, 2.45) is 11.7 Å². The summed E-state index contributed by atoms with van der Waals surface area (Å²) in [7, 11) is 0. The van der Waals surface area contributed by atoms with Crippen molar-refractivity contribution in [1.29, 1.82) is 0 Å². The number of rotatable bonds is 5. The second kappa shape index (κ2) is 7.47. The molecule has 1 aromatic rings. The molecular weight excluding hydrogens is 229 g/mol. The Bertz CT molecular complexity index is 292. The van der Waals surface area contributed by atoms with Gasteiger partial charge in [-0.05, 0) is 30.2 Å². The first-order chi connectivity index (χ1) is 7.13. The van der Waals surface area contributed by atoms with Gasteiger partial charge in [0.1, 0.15) is 18.2 Å². The Morgan fingerprint density at radius 1 is 1.31 bits per heavy atom. The van der Waals surface area contributed by atoms with E-state index in [9.17, 15) is 4.39 Å². The normalized spacial score (nSPS) is 13.8. The van der Waals surface area contributed by atoms with E-state index in [2.05, 4.69) is 13.8 Å². The van der Waals surface area contributed by atoms with Gasteiger partial charge in [0, 0.05) is 6.04 Å². The van der Waals surface area contributed by atoms with Crippen LogP contribution in [0.4, 0.5) is 4.39 Å². The van der Waals surface area contributed by atoms with Crippen LogP contribution in [0.3, 0.4) is 0 Å². The Labute approximate surface area is 102 Å². The van der Waals surface area contributed by atoms with Crippen LogP contribution in [0.2, 0.25) is 0 Å². The maximum Gasteiger partial charge on any atom is 0.123 e. The summed E-state index contributed by atoms with van der Waals surface area (Å²) in [6.45, 7) is 4.67. The highest BCUT2D eigenvalue weighted by molar-refractivity contribution is 5.85. The third kappa shape index (κ3) is 4.81. The van der Waals surface area contributed by atoms with Crippen molar-refractivity contribution in [2.75, 3.05) is 6.61 Å². The molecule has 2 N–H and O–H groups in total. The average molecular weight is 248 g/mol. The van der Waals surface area contributed by atoms with Crippen LogP contribution in [0.25, 0.3) is 0 Å². The van der Waals surface area contributed by atoms with E-state index in [4.69, 9.17) is 10.5 Å². The summed E-state index contributed by atoms with van der Waals surface area (Å²) < 4.78 is 18.0. The van der Waals surface area contributed by atoms with Crippen LogP contribution in [-0.4, -0.2) is 12.6 Å². The van der Waals surface area contributed by atoms with Crippen LogP contribution in [0.5, 0.6) is 5.75 Å². The zero-order chi connectivity index (χ0) is 11.3. The molecule has 2 atom stereocenters. The van der Waals surface area contributed by atoms with Crippen molar-refractivity contribution >= 4 is 12.4 Å². The largest absolute Gasteiger partial charge is 0.492 e. The minimum absolute atomic E-state index is 0. The Morgan fingerprint density at radius 3 is 2.38 bits per heavy atom. The third-order valence-electron chi connectivity index (χ3n) is 2.63. The maximum absolute atomic E-state index is 12.6. The summed E-state index contributed by atoms with van der Waals surface area (Å²) in [6, 6.07) is 6.01. The first kappa shape index (κ1) is 15.2. The second-order valence-corrected chi connectivity index (χ2v) is 3.81. The van der Waals surface area contributed by atoms with Gasteiger partial charge in [-0.3, -0.25) is 0 Å². The molecule has 0 aliphatic heterocycles. The standard InChI is InChI=1S/C12H18FNO.ClH/c1-3-9(2)12(14)8-15-11-6-4-10(13)5-7-11;/h4-7,9,12H,3,8,14H2,1-2H3;1H. The smallest absolute Gasteiger partial charge is 0.123 e. The molecule has 16 heavy (non-hydrogen) atoms. The molecule has 0 aliphatic rings. The molecule has 1 aromatic carbocycles. The van der Waals surface area contributed by atoms with E-state index in [1.54, 1.807) is 12.1 Å². The van der Waals surface area contributed by atoms with E-state index < -0.39 is 0 Å². The molecule has 1 rings (SSSR count). The highest BCUT2D eigenvalue weighted by Gasteiger charge is 2.11. The molecule has 92 valence electrons. The van der Waals surface area contributed by atoms with Crippen LogP contribution in [0, 0.1) is 11.7 Å². The van der Waals surface area contributed by atoms with Gasteiger partial charge in [-0.2, -0.15) is 0 Å². The SMILES string of the molecule is CCC(C)C(N)COc1ccc(F)cc1.Cl. The Kier molecular flexibility index (Phi) is 7.10. The summed E-state index contributed by atoms with van der Waals surface area (Å²) in [5, 5.41) is 0. The molecule has 2 unspecified atom stereocenters. The summed E-state index contributed by atoms with van der Waals surface area (Å²) in [4.78, 5) is 0. The molecule has 0 radical (unpaired) electrons. The van der Waals surface area contributed by atoms with E-state index >= 15 is 0 Å². The molecule has 4 heteroatoms. The lowest BCUT2D eigenvalue weighted by molar-refractivity contribution is 0.250. The van der Waals surface area contributed by atoms with Crippen molar-refractivity contribution < 1.29 is 9.13 Å². The molecule has 0 spiro atoms. The van der Waals surface area contributed by atoms with Gasteiger partial charge in [0.25, 0.3) is 0 Å². The lowest BCUT2D eigenvalue weighted by atomic mass is 10.0. The number of halogens is 2. The third-order valence-corrected chi connectivity index (χ3v) is 2.63. The van der Waals surface area contributed by atoms with Crippen LogP contribution >= 0.6 is 12.4 Å². The Morgan fingerprint density at radius 2 is 1.88 bits per heavy atom. The zero-order valence-corrected chi connectivity index (χ0v) is 10.5. The molecule has 0 amide bonds. The number of benzene rings is 1. The van der Waals surface area contributed by atoms with Gasteiger partial charge in [0.05, 0.1) is 0 Å². The summed E-state index contributed by atoms with van der Waals surface area (Å²) in [6.07, 6.45) is 1.04. The number of hydrogen-bond acceptors (Lipinski definition) is 2. The van der Waals surface area contributed by atoms with E-state index in [1.165, 1.54) is 12.1 Å². The van der Waals surface area contributed by atoms with Gasteiger partial charge >= 0.3 is 0 Å². The Hall–Kier alpha value is -0.800. The van der Waals surface area contributed by atoms with Crippen molar-refractivity contribution in [1.82, 2.24) is 0 Å². The van der Waals surface area contributed by atoms with Gasteiger partial charge in [0.2, 0.25) is 0 Å². The van der Waals surface area contributed by atoms with Gasteiger partial charge in [-0.1, -0.05) is 20.3 Å². The Balaban J connectivity index is 0.00000225. The fourth-order valence-corrected chi connectivity index (χ4v) is 1.19. The highest BCUT2D eigenvalue weighted by atomic mass is 35.5. The van der Waals surface area contributed by atoms with E-state index in [1.807, 2.05) is 0 Å². The number of ether oxygens (including phenoxy) is 1. The predicted molar refractivity (Wildman–Crippen MR) is 66.6 cm³/mol. The minimum Gasteiger partial charge on any atom is -0.492 e. The van der Waals surface area contributed by atoms with Crippen LogP contribution in [-0.2, 0) is 0 Å². The van der Waals surface area contributed by atoms with E-state index in [-0.39, 0.29) is 24.3 Å². The van der Waals surface area contributed by atoms with Gasteiger partial charge in [0.15, 0.2) is 0 Å². The first-order valence-electron chi connectivity index (χ1n) is 5.27. The van der Waals surface area contributed by atoms with E-state index in [0.717, 1.165) is 6.42 Å².